The van der Waals surface area contributed by atoms with E-state index in [1.807, 2.05) is 12.3 Å². The van der Waals surface area contributed by atoms with Crippen LogP contribution in [-0.4, -0.2) is 17.1 Å². The number of nitrogens with two attached hydrogens (primary N) is 1. The van der Waals surface area contributed by atoms with Gasteiger partial charge < -0.3 is 10.8 Å². The van der Waals surface area contributed by atoms with Crippen LogP contribution in [0, 0.1) is 0 Å². The Labute approximate surface area is 76.3 Å². The zero-order chi connectivity index (χ0) is 9.56. The molecule has 0 aromatic rings. The van der Waals surface area contributed by atoms with Crippen LogP contribution in [0.4, 0.5) is 0 Å². The van der Waals surface area contributed by atoms with Crippen LogP contribution in [0.3, 0.4) is 0 Å². The van der Waals surface area contributed by atoms with E-state index in [2.05, 4.69) is 6.58 Å². The van der Waals surface area contributed by atoms with Crippen molar-refractivity contribution in [2.24, 2.45) is 5.73 Å². The Morgan fingerprint density at radius 1 is 1.83 bits per heavy atom. The highest BCUT2D eigenvalue weighted by atomic mass is 32.2. The van der Waals surface area contributed by atoms with Gasteiger partial charge in [0, 0.05) is 0 Å². The highest BCUT2D eigenvalue weighted by Gasteiger charge is 2.10. The Hall–Kier alpha value is -0.740. The number of hydrogen-bond acceptors (Lipinski definition) is 3. The van der Waals surface area contributed by atoms with E-state index < -0.39 is 12.0 Å². The lowest BCUT2D eigenvalue weighted by Crippen LogP contribution is -2.30. The molecule has 0 saturated carbocycles. The van der Waals surface area contributed by atoms with Crippen molar-refractivity contribution in [3.8, 4) is 0 Å². The Morgan fingerprint density at radius 3 is 2.83 bits per heavy atom. The molecule has 3 nitrogen and oxygen atoms in total. The number of carboxylic acid groups (broad SMARTS) is 1. The van der Waals surface area contributed by atoms with Gasteiger partial charge >= 0.3 is 5.97 Å². The second-order valence-corrected chi connectivity index (χ2v) is 3.26. The van der Waals surface area contributed by atoms with Gasteiger partial charge in [-0.2, -0.15) is 0 Å². The smallest absolute Gasteiger partial charge is 0.320 e. The summed E-state index contributed by atoms with van der Waals surface area (Å²) in [4.78, 5) is 10.3. The first-order valence-corrected chi connectivity index (χ1v) is 4.42. The normalized spacial score (nSPS) is 14.0. The van der Waals surface area contributed by atoms with Crippen LogP contribution in [-0.2, 0) is 4.79 Å². The molecule has 68 valence electrons. The van der Waals surface area contributed by atoms with E-state index in [-0.39, 0.29) is 0 Å². The molecule has 0 amide bonds. The molecule has 0 aliphatic carbocycles. The lowest BCUT2D eigenvalue weighted by molar-refractivity contribution is -0.138. The Kier molecular flexibility index (Phi) is 5.49. The molecule has 0 saturated heterocycles. The third-order valence-corrected chi connectivity index (χ3v) is 1.96. The van der Waals surface area contributed by atoms with E-state index >= 15 is 0 Å². The minimum Gasteiger partial charge on any atom is -0.480 e. The maximum atomic E-state index is 10.3. The van der Waals surface area contributed by atoms with Crippen molar-refractivity contribution in [3.63, 3.8) is 0 Å². The van der Waals surface area contributed by atoms with Crippen LogP contribution in [0.1, 0.15) is 13.3 Å². The molecular formula is C8H13NO2S. The summed E-state index contributed by atoms with van der Waals surface area (Å²) in [6.07, 6.45) is 0.385. The van der Waals surface area contributed by atoms with Crippen molar-refractivity contribution in [1.82, 2.24) is 0 Å². The fourth-order valence-electron chi connectivity index (χ4n) is 0.647. The summed E-state index contributed by atoms with van der Waals surface area (Å²) in [5, 5.41) is 12.0. The lowest BCUT2D eigenvalue weighted by atomic mass is 10.1. The first-order chi connectivity index (χ1) is 5.57. The summed E-state index contributed by atoms with van der Waals surface area (Å²) in [5.41, 5.74) is 6.27. The van der Waals surface area contributed by atoms with Gasteiger partial charge in [-0.25, -0.2) is 0 Å². The quantitative estimate of drug-likeness (QED) is 0.685. The molecule has 0 aromatic heterocycles. The van der Waals surface area contributed by atoms with E-state index in [4.69, 9.17) is 10.8 Å². The van der Waals surface area contributed by atoms with Crippen molar-refractivity contribution >= 4 is 17.7 Å². The molecule has 12 heavy (non-hydrogen) atoms. The number of carboxylic acids is 1. The van der Waals surface area contributed by atoms with Crippen molar-refractivity contribution in [3.05, 3.63) is 23.0 Å². The highest BCUT2D eigenvalue weighted by Crippen LogP contribution is 2.11. The van der Waals surface area contributed by atoms with Crippen molar-refractivity contribution in [2.45, 2.75) is 19.4 Å². The third-order valence-electron chi connectivity index (χ3n) is 1.22. The fourth-order valence-corrected chi connectivity index (χ4v) is 1.07. The second-order valence-electron chi connectivity index (χ2n) is 2.42. The summed E-state index contributed by atoms with van der Waals surface area (Å²) in [7, 11) is 0. The first kappa shape index (κ1) is 11.3. The first-order valence-electron chi connectivity index (χ1n) is 3.48. The molecule has 0 rings (SSSR count). The lowest BCUT2D eigenvalue weighted by Gasteiger charge is -2.05. The molecular weight excluding hydrogens is 174 g/mol. The summed E-state index contributed by atoms with van der Waals surface area (Å²) in [5.74, 6) is -0.966. The van der Waals surface area contributed by atoms with Gasteiger partial charge in [-0.1, -0.05) is 12.2 Å². The Balaban J connectivity index is 3.90. The monoisotopic (exact) mass is 187 g/mol. The molecule has 0 bridgehead atoms. The van der Waals surface area contributed by atoms with Crippen LogP contribution in [0.5, 0.6) is 0 Å². The van der Waals surface area contributed by atoms with Gasteiger partial charge in [0.15, 0.2) is 0 Å². The van der Waals surface area contributed by atoms with E-state index in [1.54, 1.807) is 5.41 Å². The van der Waals surface area contributed by atoms with Crippen LogP contribution in [0.15, 0.2) is 23.0 Å². The summed E-state index contributed by atoms with van der Waals surface area (Å²) < 4.78 is 0. The standard InChI is InChI=1S/C8H13NO2S/c1-3-12-5-6(2)4-7(9)8(10)11/h3,5,7H,1,4,9H2,2H3,(H,10,11)/b6-5+. The topological polar surface area (TPSA) is 63.3 Å². The molecule has 4 heteroatoms. The molecule has 0 aliphatic rings. The third kappa shape index (κ3) is 4.98. The predicted octanol–water partition coefficient (Wildman–Crippen LogP) is 1.57. The van der Waals surface area contributed by atoms with Gasteiger partial charge in [0.2, 0.25) is 0 Å². The number of hydrogen-bond donors (Lipinski definition) is 2. The van der Waals surface area contributed by atoms with Gasteiger partial charge in [-0.3, -0.25) is 4.79 Å². The molecule has 0 aliphatic heterocycles. The molecule has 0 spiro atoms. The SMILES string of the molecule is C=CS/C=C(\C)CC(N)C(=O)O. The molecule has 0 radical (unpaired) electrons. The molecule has 3 N–H and O–H groups in total. The average Bonchev–Trinajstić information content (AvgIpc) is 2.00. The van der Waals surface area contributed by atoms with Crippen LogP contribution < -0.4 is 5.73 Å². The Bertz CT molecular complexity index is 201. The van der Waals surface area contributed by atoms with E-state index in [0.717, 1.165) is 5.57 Å². The molecule has 1 atom stereocenters. The maximum absolute atomic E-state index is 10.3. The van der Waals surface area contributed by atoms with Crippen LogP contribution in [0.25, 0.3) is 0 Å². The second kappa shape index (κ2) is 5.85. The van der Waals surface area contributed by atoms with Crippen LogP contribution >= 0.6 is 11.8 Å². The van der Waals surface area contributed by atoms with Crippen molar-refractivity contribution in [2.75, 3.05) is 0 Å². The van der Waals surface area contributed by atoms with Gasteiger partial charge in [-0.15, -0.1) is 11.8 Å². The Morgan fingerprint density at radius 2 is 2.42 bits per heavy atom. The summed E-state index contributed by atoms with van der Waals surface area (Å²) in [6, 6.07) is -0.799. The largest absolute Gasteiger partial charge is 0.480 e. The summed E-state index contributed by atoms with van der Waals surface area (Å²) >= 11 is 1.42. The zero-order valence-corrected chi connectivity index (χ0v) is 7.80. The minimum atomic E-state index is -0.966. The number of rotatable bonds is 5. The predicted molar refractivity (Wildman–Crippen MR) is 51.8 cm³/mol. The van der Waals surface area contributed by atoms with Gasteiger partial charge in [0.05, 0.1) is 0 Å². The molecule has 0 aromatic carbocycles. The molecule has 0 heterocycles. The highest BCUT2D eigenvalue weighted by molar-refractivity contribution is 8.04. The zero-order valence-electron chi connectivity index (χ0n) is 6.99. The number of aliphatic carboxylic acids is 1. The van der Waals surface area contributed by atoms with Crippen molar-refractivity contribution < 1.29 is 9.90 Å². The number of thioether (sulfide) groups is 1. The molecule has 1 unspecified atom stereocenters. The van der Waals surface area contributed by atoms with E-state index in [0.29, 0.717) is 6.42 Å². The van der Waals surface area contributed by atoms with Gasteiger partial charge in [-0.05, 0) is 24.2 Å². The number of carbonyl (C=O) groups is 1. The molecule has 0 fully saturated rings. The van der Waals surface area contributed by atoms with Gasteiger partial charge in [0.1, 0.15) is 6.04 Å². The van der Waals surface area contributed by atoms with E-state index in [1.165, 1.54) is 11.8 Å². The minimum absolute atomic E-state index is 0.385. The maximum Gasteiger partial charge on any atom is 0.320 e. The average molecular weight is 187 g/mol. The van der Waals surface area contributed by atoms with Crippen LogP contribution in [0.2, 0.25) is 0 Å². The van der Waals surface area contributed by atoms with E-state index in [9.17, 15) is 4.79 Å². The van der Waals surface area contributed by atoms with Gasteiger partial charge in [0.25, 0.3) is 0 Å². The fraction of sp³-hybridized carbons (Fsp3) is 0.375. The van der Waals surface area contributed by atoms with Crippen molar-refractivity contribution in [1.29, 1.82) is 0 Å². The summed E-state index contributed by atoms with van der Waals surface area (Å²) in [6.45, 7) is 5.36.